The fourth-order valence-electron chi connectivity index (χ4n) is 3.22. The fraction of sp³-hybridized carbons (Fsp3) is 0.600. The molecule has 2 aromatic heterocycles. The molecule has 0 saturated carbocycles. The van der Waals surface area contributed by atoms with Crippen LogP contribution >= 0.6 is 12.4 Å². The Morgan fingerprint density at radius 2 is 2.12 bits per heavy atom. The van der Waals surface area contributed by atoms with E-state index in [4.69, 9.17) is 0 Å². The lowest BCUT2D eigenvalue weighted by Gasteiger charge is -2.28. The van der Waals surface area contributed by atoms with E-state index in [1.165, 1.54) is 10.9 Å². The highest BCUT2D eigenvalue weighted by molar-refractivity contribution is 5.85. The Kier molecular flexibility index (Phi) is 5.69. The maximum Gasteiger partial charge on any atom is 0.332 e. The number of hydrogen-bond donors (Lipinski definition) is 2. The number of imidazole rings is 1. The minimum Gasteiger partial charge on any atom is -0.352 e. The Labute approximate surface area is 150 Å². The van der Waals surface area contributed by atoms with Gasteiger partial charge in [0.05, 0.1) is 6.33 Å². The molecular formula is C15H23ClN6O3. The van der Waals surface area contributed by atoms with Crippen LogP contribution in [0.25, 0.3) is 11.2 Å². The Hall–Kier alpha value is -2.13. The average molecular weight is 371 g/mol. The molecule has 0 radical (unpaired) electrons. The summed E-state index contributed by atoms with van der Waals surface area (Å²) >= 11 is 0. The predicted molar refractivity (Wildman–Crippen MR) is 96.1 cm³/mol. The number of piperidine rings is 1. The van der Waals surface area contributed by atoms with Crippen molar-refractivity contribution in [3.63, 3.8) is 0 Å². The smallest absolute Gasteiger partial charge is 0.332 e. The molecule has 9 nitrogen and oxygen atoms in total. The number of carbonyl (C=O) groups is 1. The van der Waals surface area contributed by atoms with Gasteiger partial charge in [-0.1, -0.05) is 0 Å². The predicted octanol–water partition coefficient (Wildman–Crippen LogP) is -0.888. The normalized spacial score (nSPS) is 20.3. The van der Waals surface area contributed by atoms with Crippen LogP contribution < -0.4 is 21.9 Å². The molecule has 1 aliphatic heterocycles. The van der Waals surface area contributed by atoms with Crippen LogP contribution in [0.15, 0.2) is 15.9 Å². The SMILES string of the molecule is CC1CC(NC(=O)Cn2c(=O)c3c(ncn3C)n(C)c2=O)CCN1.Cl. The zero-order valence-corrected chi connectivity index (χ0v) is 15.3. The number of halogens is 1. The summed E-state index contributed by atoms with van der Waals surface area (Å²) in [6.07, 6.45) is 3.15. The van der Waals surface area contributed by atoms with Crippen LogP contribution in [0.3, 0.4) is 0 Å². The number of nitrogens with one attached hydrogen (secondary N) is 2. The van der Waals surface area contributed by atoms with Crippen molar-refractivity contribution in [2.45, 2.75) is 38.4 Å². The quantitative estimate of drug-likeness (QED) is 0.729. The summed E-state index contributed by atoms with van der Waals surface area (Å²) in [7, 11) is 3.22. The van der Waals surface area contributed by atoms with Gasteiger partial charge < -0.3 is 15.2 Å². The molecule has 2 N–H and O–H groups in total. The summed E-state index contributed by atoms with van der Waals surface area (Å²) in [5, 5.41) is 6.23. The highest BCUT2D eigenvalue weighted by Crippen LogP contribution is 2.08. The van der Waals surface area contributed by atoms with Gasteiger partial charge in [0.2, 0.25) is 5.91 Å². The van der Waals surface area contributed by atoms with Gasteiger partial charge in [0.1, 0.15) is 6.54 Å². The molecule has 138 valence electrons. The lowest BCUT2D eigenvalue weighted by atomic mass is 10.0. The van der Waals surface area contributed by atoms with E-state index in [-0.39, 0.29) is 30.9 Å². The van der Waals surface area contributed by atoms with Gasteiger partial charge in [-0.2, -0.15) is 0 Å². The third-order valence-corrected chi connectivity index (χ3v) is 4.49. The number of carbonyl (C=O) groups excluding carboxylic acids is 1. The van der Waals surface area contributed by atoms with Crippen LogP contribution in [0.4, 0.5) is 0 Å². The molecule has 10 heteroatoms. The number of aromatic nitrogens is 4. The van der Waals surface area contributed by atoms with Crippen molar-refractivity contribution in [1.82, 2.24) is 29.3 Å². The third-order valence-electron chi connectivity index (χ3n) is 4.49. The van der Waals surface area contributed by atoms with Crippen molar-refractivity contribution in [2.75, 3.05) is 6.54 Å². The topological polar surface area (TPSA) is 103 Å². The number of nitrogens with zero attached hydrogens (tertiary/aromatic N) is 4. The van der Waals surface area contributed by atoms with Gasteiger partial charge in [0, 0.05) is 26.2 Å². The first kappa shape index (κ1) is 19.2. The highest BCUT2D eigenvalue weighted by atomic mass is 35.5. The number of aryl methyl sites for hydroxylation is 2. The summed E-state index contributed by atoms with van der Waals surface area (Å²) in [5.41, 5.74) is -0.418. The first-order valence-corrected chi connectivity index (χ1v) is 8.02. The van der Waals surface area contributed by atoms with Gasteiger partial charge in [-0.15, -0.1) is 12.4 Å². The molecule has 1 saturated heterocycles. The Morgan fingerprint density at radius 1 is 1.40 bits per heavy atom. The average Bonchev–Trinajstić information content (AvgIpc) is 2.91. The van der Waals surface area contributed by atoms with Crippen LogP contribution in [0.1, 0.15) is 19.8 Å². The molecule has 0 bridgehead atoms. The van der Waals surface area contributed by atoms with Gasteiger partial charge in [0.25, 0.3) is 5.56 Å². The molecule has 0 aromatic carbocycles. The van der Waals surface area contributed by atoms with Crippen molar-refractivity contribution in [2.24, 2.45) is 14.1 Å². The maximum absolute atomic E-state index is 12.6. The molecule has 2 unspecified atom stereocenters. The van der Waals surface area contributed by atoms with Gasteiger partial charge in [0.15, 0.2) is 11.2 Å². The van der Waals surface area contributed by atoms with Crippen molar-refractivity contribution >= 4 is 29.5 Å². The molecule has 1 amide bonds. The van der Waals surface area contributed by atoms with Crippen LogP contribution in [-0.4, -0.2) is 43.2 Å². The second-order valence-electron chi connectivity index (χ2n) is 6.40. The molecule has 2 atom stereocenters. The van der Waals surface area contributed by atoms with Gasteiger partial charge in [-0.25, -0.2) is 14.3 Å². The zero-order chi connectivity index (χ0) is 17.4. The minimum absolute atomic E-state index is 0. The molecule has 3 rings (SSSR count). The second-order valence-corrected chi connectivity index (χ2v) is 6.40. The van der Waals surface area contributed by atoms with Crippen molar-refractivity contribution in [1.29, 1.82) is 0 Å². The van der Waals surface area contributed by atoms with Crippen LogP contribution in [0.5, 0.6) is 0 Å². The first-order valence-electron chi connectivity index (χ1n) is 8.02. The van der Waals surface area contributed by atoms with E-state index in [1.807, 2.05) is 0 Å². The number of hydrogen-bond acceptors (Lipinski definition) is 5. The fourth-order valence-corrected chi connectivity index (χ4v) is 3.22. The molecule has 25 heavy (non-hydrogen) atoms. The largest absolute Gasteiger partial charge is 0.352 e. The van der Waals surface area contributed by atoms with Crippen molar-refractivity contribution < 1.29 is 4.79 Å². The molecule has 1 fully saturated rings. The molecule has 0 spiro atoms. The molecule has 3 heterocycles. The zero-order valence-electron chi connectivity index (χ0n) is 14.5. The highest BCUT2D eigenvalue weighted by Gasteiger charge is 2.21. The number of amides is 1. The number of fused-ring (bicyclic) bond motifs is 1. The summed E-state index contributed by atoms with van der Waals surface area (Å²) < 4.78 is 3.81. The third kappa shape index (κ3) is 3.62. The Morgan fingerprint density at radius 3 is 2.80 bits per heavy atom. The van der Waals surface area contributed by atoms with Crippen molar-refractivity contribution in [3.8, 4) is 0 Å². The van der Waals surface area contributed by atoms with E-state index in [1.54, 1.807) is 18.7 Å². The Balaban J connectivity index is 0.00000225. The van der Waals surface area contributed by atoms with E-state index >= 15 is 0 Å². The van der Waals surface area contributed by atoms with Gasteiger partial charge >= 0.3 is 5.69 Å². The van der Waals surface area contributed by atoms with E-state index in [0.29, 0.717) is 17.2 Å². The summed E-state index contributed by atoms with van der Waals surface area (Å²) in [6, 6.07) is 0.402. The minimum atomic E-state index is -0.542. The van der Waals surface area contributed by atoms with Crippen LogP contribution in [0, 0.1) is 0 Å². The van der Waals surface area contributed by atoms with E-state index in [9.17, 15) is 14.4 Å². The van der Waals surface area contributed by atoms with Crippen LogP contribution in [0.2, 0.25) is 0 Å². The second kappa shape index (κ2) is 7.40. The standard InChI is InChI=1S/C15H22N6O3.ClH/c1-9-6-10(4-5-16-9)18-11(22)7-21-14(23)12-13(17-8-19(12)2)20(3)15(21)24;/h8-10,16H,4-7H2,1-3H3,(H,18,22);1H. The monoisotopic (exact) mass is 370 g/mol. The summed E-state index contributed by atoms with van der Waals surface area (Å²) in [4.78, 5) is 41.3. The summed E-state index contributed by atoms with van der Waals surface area (Å²) in [6.45, 7) is 2.62. The molecule has 2 aromatic rings. The van der Waals surface area contributed by atoms with E-state index < -0.39 is 11.2 Å². The Bertz CT molecular complexity index is 899. The molecule has 1 aliphatic rings. The first-order chi connectivity index (χ1) is 11.4. The summed E-state index contributed by atoms with van der Waals surface area (Å²) in [5.74, 6) is -0.324. The van der Waals surface area contributed by atoms with E-state index in [2.05, 4.69) is 22.5 Å². The maximum atomic E-state index is 12.6. The van der Waals surface area contributed by atoms with Crippen LogP contribution in [-0.2, 0) is 25.4 Å². The molecule has 0 aliphatic carbocycles. The van der Waals surface area contributed by atoms with Crippen molar-refractivity contribution in [3.05, 3.63) is 27.2 Å². The lowest BCUT2D eigenvalue weighted by Crippen LogP contribution is -2.49. The molecular weight excluding hydrogens is 348 g/mol. The lowest BCUT2D eigenvalue weighted by molar-refractivity contribution is -0.122. The van der Waals surface area contributed by atoms with E-state index in [0.717, 1.165) is 24.0 Å². The number of rotatable bonds is 3. The van der Waals surface area contributed by atoms with Gasteiger partial charge in [-0.05, 0) is 26.3 Å². The van der Waals surface area contributed by atoms with Gasteiger partial charge in [-0.3, -0.25) is 14.2 Å².